The molecule has 0 bridgehead atoms. The van der Waals surface area contributed by atoms with Crippen LogP contribution in [0.25, 0.3) is 0 Å². The highest BCUT2D eigenvalue weighted by Gasteiger charge is 2.33. The van der Waals surface area contributed by atoms with Crippen LogP contribution in [0, 0.1) is 5.92 Å². The second-order valence-electron chi connectivity index (χ2n) is 5.40. The van der Waals surface area contributed by atoms with E-state index < -0.39 is 11.7 Å². The molecular weight excluding hydrogens is 244 g/mol. The van der Waals surface area contributed by atoms with Crippen LogP contribution in [-0.2, 0) is 16.8 Å². The SMILES string of the molecule is CCC(CC)(OC)c1noc(CC(O)CC(C)C)n1. The minimum atomic E-state index is -0.481. The van der Waals surface area contributed by atoms with Crippen molar-refractivity contribution in [1.29, 1.82) is 0 Å². The topological polar surface area (TPSA) is 68.4 Å². The average molecular weight is 270 g/mol. The molecule has 0 saturated carbocycles. The third kappa shape index (κ3) is 4.01. The van der Waals surface area contributed by atoms with E-state index in [1.807, 2.05) is 13.8 Å². The van der Waals surface area contributed by atoms with Gasteiger partial charge in [-0.2, -0.15) is 4.98 Å². The molecule has 1 heterocycles. The van der Waals surface area contributed by atoms with Gasteiger partial charge < -0.3 is 14.4 Å². The third-order valence-electron chi connectivity index (χ3n) is 3.56. The van der Waals surface area contributed by atoms with Gasteiger partial charge in [0.2, 0.25) is 11.7 Å². The predicted molar refractivity (Wildman–Crippen MR) is 72.7 cm³/mol. The van der Waals surface area contributed by atoms with E-state index in [2.05, 4.69) is 24.0 Å². The highest BCUT2D eigenvalue weighted by Crippen LogP contribution is 2.30. The van der Waals surface area contributed by atoms with Crippen LogP contribution < -0.4 is 0 Å². The molecule has 1 unspecified atom stereocenters. The number of ether oxygens (including phenoxy) is 1. The van der Waals surface area contributed by atoms with Crippen LogP contribution in [-0.4, -0.2) is 28.5 Å². The number of aliphatic hydroxyl groups is 1. The summed E-state index contributed by atoms with van der Waals surface area (Å²) in [6.45, 7) is 8.23. The Balaban J connectivity index is 2.76. The van der Waals surface area contributed by atoms with Crippen molar-refractivity contribution in [1.82, 2.24) is 10.1 Å². The van der Waals surface area contributed by atoms with E-state index in [0.29, 0.717) is 24.1 Å². The quantitative estimate of drug-likeness (QED) is 0.786. The first-order valence-electron chi connectivity index (χ1n) is 7.03. The number of hydrogen-bond acceptors (Lipinski definition) is 5. The monoisotopic (exact) mass is 270 g/mol. The molecule has 0 amide bonds. The van der Waals surface area contributed by atoms with Crippen LogP contribution >= 0.6 is 0 Å². The maximum atomic E-state index is 9.90. The van der Waals surface area contributed by atoms with Crippen LogP contribution in [0.5, 0.6) is 0 Å². The Morgan fingerprint density at radius 3 is 2.42 bits per heavy atom. The molecule has 1 atom stereocenters. The van der Waals surface area contributed by atoms with Crippen LogP contribution in [0.1, 0.15) is 58.7 Å². The first-order chi connectivity index (χ1) is 8.97. The second-order valence-corrected chi connectivity index (χ2v) is 5.40. The third-order valence-corrected chi connectivity index (χ3v) is 3.56. The predicted octanol–water partition coefficient (Wildman–Crippen LogP) is 2.68. The molecule has 1 rings (SSSR count). The molecule has 19 heavy (non-hydrogen) atoms. The number of hydrogen-bond donors (Lipinski definition) is 1. The molecule has 110 valence electrons. The Hall–Kier alpha value is -0.940. The Bertz CT molecular complexity index is 364. The Morgan fingerprint density at radius 1 is 1.32 bits per heavy atom. The fraction of sp³-hybridized carbons (Fsp3) is 0.857. The zero-order valence-electron chi connectivity index (χ0n) is 12.6. The summed E-state index contributed by atoms with van der Waals surface area (Å²) in [5, 5.41) is 13.9. The fourth-order valence-electron chi connectivity index (χ4n) is 2.30. The van der Waals surface area contributed by atoms with Crippen molar-refractivity contribution in [3.05, 3.63) is 11.7 Å². The molecule has 1 aromatic heterocycles. The smallest absolute Gasteiger partial charge is 0.229 e. The Morgan fingerprint density at radius 2 is 1.95 bits per heavy atom. The highest BCUT2D eigenvalue weighted by molar-refractivity contribution is 5.01. The van der Waals surface area contributed by atoms with Gasteiger partial charge in [-0.25, -0.2) is 0 Å². The van der Waals surface area contributed by atoms with Gasteiger partial charge in [-0.15, -0.1) is 0 Å². The van der Waals surface area contributed by atoms with Crippen molar-refractivity contribution in [2.75, 3.05) is 7.11 Å². The zero-order valence-corrected chi connectivity index (χ0v) is 12.6. The molecule has 5 nitrogen and oxygen atoms in total. The average Bonchev–Trinajstić information content (AvgIpc) is 2.80. The summed E-state index contributed by atoms with van der Waals surface area (Å²) < 4.78 is 10.8. The lowest BCUT2D eigenvalue weighted by Crippen LogP contribution is -2.28. The van der Waals surface area contributed by atoms with Gasteiger partial charge in [0, 0.05) is 7.11 Å². The molecule has 1 N–H and O–H groups in total. The summed E-state index contributed by atoms with van der Waals surface area (Å²) in [7, 11) is 1.66. The minimum Gasteiger partial charge on any atom is -0.393 e. The second kappa shape index (κ2) is 7.01. The van der Waals surface area contributed by atoms with Gasteiger partial charge >= 0.3 is 0 Å². The van der Waals surface area contributed by atoms with Crippen molar-refractivity contribution in [3.8, 4) is 0 Å². The van der Waals surface area contributed by atoms with Gasteiger partial charge in [-0.1, -0.05) is 32.9 Å². The van der Waals surface area contributed by atoms with Crippen molar-refractivity contribution in [2.45, 2.75) is 65.1 Å². The number of aliphatic hydroxyl groups excluding tert-OH is 1. The molecule has 0 saturated heterocycles. The van der Waals surface area contributed by atoms with E-state index in [1.54, 1.807) is 7.11 Å². The van der Waals surface area contributed by atoms with Crippen LogP contribution in [0.4, 0.5) is 0 Å². The summed E-state index contributed by atoms with van der Waals surface area (Å²) in [6, 6.07) is 0. The molecule has 0 aromatic carbocycles. The van der Waals surface area contributed by atoms with Gasteiger partial charge in [-0.3, -0.25) is 0 Å². The number of nitrogens with zero attached hydrogens (tertiary/aromatic N) is 2. The van der Waals surface area contributed by atoms with Crippen molar-refractivity contribution >= 4 is 0 Å². The highest BCUT2D eigenvalue weighted by atomic mass is 16.5. The summed E-state index contributed by atoms with van der Waals surface area (Å²) in [4.78, 5) is 4.38. The van der Waals surface area contributed by atoms with Gasteiger partial charge in [-0.05, 0) is 25.2 Å². The largest absolute Gasteiger partial charge is 0.393 e. The van der Waals surface area contributed by atoms with E-state index in [9.17, 15) is 5.11 Å². The Labute approximate surface area is 115 Å². The minimum absolute atomic E-state index is 0.401. The molecule has 0 aliphatic rings. The maximum Gasteiger partial charge on any atom is 0.229 e. The molecule has 5 heteroatoms. The number of rotatable bonds is 8. The Kier molecular flexibility index (Phi) is 5.94. The molecule has 1 aromatic rings. The van der Waals surface area contributed by atoms with Gasteiger partial charge in [0.05, 0.1) is 12.5 Å². The molecule has 0 fully saturated rings. The van der Waals surface area contributed by atoms with Crippen molar-refractivity contribution in [2.24, 2.45) is 5.92 Å². The number of methoxy groups -OCH3 is 1. The lowest BCUT2D eigenvalue weighted by molar-refractivity contribution is -0.0306. The van der Waals surface area contributed by atoms with Crippen molar-refractivity contribution in [3.63, 3.8) is 0 Å². The molecular formula is C14H26N2O3. The normalized spacial score (nSPS) is 14.1. The summed E-state index contributed by atoms with van der Waals surface area (Å²) in [5.74, 6) is 1.50. The van der Waals surface area contributed by atoms with Gasteiger partial charge in [0.25, 0.3) is 0 Å². The molecule has 0 aliphatic heterocycles. The summed E-state index contributed by atoms with van der Waals surface area (Å²) in [5.41, 5.74) is -0.481. The van der Waals surface area contributed by atoms with E-state index in [4.69, 9.17) is 9.26 Å². The van der Waals surface area contributed by atoms with E-state index in [1.165, 1.54) is 0 Å². The van der Waals surface area contributed by atoms with Crippen LogP contribution in [0.2, 0.25) is 0 Å². The summed E-state index contributed by atoms with van der Waals surface area (Å²) in [6.07, 6.45) is 2.27. The molecule has 0 spiro atoms. The van der Waals surface area contributed by atoms with E-state index >= 15 is 0 Å². The molecule has 0 aliphatic carbocycles. The van der Waals surface area contributed by atoms with Crippen LogP contribution in [0.3, 0.4) is 0 Å². The first-order valence-corrected chi connectivity index (χ1v) is 7.03. The van der Waals surface area contributed by atoms with Crippen molar-refractivity contribution < 1.29 is 14.4 Å². The molecule has 0 radical (unpaired) electrons. The van der Waals surface area contributed by atoms with E-state index in [0.717, 1.165) is 19.3 Å². The number of aromatic nitrogens is 2. The lowest BCUT2D eigenvalue weighted by atomic mass is 9.96. The van der Waals surface area contributed by atoms with Crippen LogP contribution in [0.15, 0.2) is 4.52 Å². The standard InChI is InChI=1S/C14H26N2O3/c1-6-14(7-2,18-5)13-15-12(19-16-13)9-11(17)8-10(3)4/h10-11,17H,6-9H2,1-5H3. The maximum absolute atomic E-state index is 9.90. The van der Waals surface area contributed by atoms with Gasteiger partial charge in [0.1, 0.15) is 5.60 Å². The zero-order chi connectivity index (χ0) is 14.5. The van der Waals surface area contributed by atoms with Gasteiger partial charge in [0.15, 0.2) is 0 Å². The van der Waals surface area contributed by atoms with E-state index in [-0.39, 0.29) is 0 Å². The summed E-state index contributed by atoms with van der Waals surface area (Å²) >= 11 is 0. The fourth-order valence-corrected chi connectivity index (χ4v) is 2.30. The lowest BCUT2D eigenvalue weighted by Gasteiger charge is -2.25. The first kappa shape index (κ1) is 16.1.